The molecule has 4 aliphatic rings. The summed E-state index contributed by atoms with van der Waals surface area (Å²) in [5.41, 5.74) is 1.57. The third-order valence-corrected chi connectivity index (χ3v) is 6.59. The van der Waals surface area contributed by atoms with E-state index in [9.17, 15) is 9.90 Å². The van der Waals surface area contributed by atoms with E-state index in [2.05, 4.69) is 6.92 Å². The summed E-state index contributed by atoms with van der Waals surface area (Å²) in [6.07, 6.45) is 1.20. The molecule has 0 aromatic heterocycles. The lowest BCUT2D eigenvalue weighted by molar-refractivity contribution is -0.133. The number of aryl methyl sites for hydroxylation is 1. The molecule has 4 fully saturated rings. The quantitative estimate of drug-likeness (QED) is 0.910. The molecule has 7 atom stereocenters. The van der Waals surface area contributed by atoms with E-state index >= 15 is 0 Å². The highest BCUT2D eigenvalue weighted by atomic mass is 16.6. The van der Waals surface area contributed by atoms with Crippen LogP contribution in [-0.2, 0) is 9.53 Å². The Hall–Kier alpha value is -1.39. The Kier molecular flexibility index (Phi) is 2.33. The summed E-state index contributed by atoms with van der Waals surface area (Å²) < 4.78 is 6.40. The van der Waals surface area contributed by atoms with Crippen molar-refractivity contribution >= 4 is 11.6 Å². The van der Waals surface area contributed by atoms with E-state index in [0.717, 1.165) is 18.5 Å². The first-order valence-electron chi connectivity index (χ1n) is 8.35. The molecule has 1 amide bonds. The van der Waals surface area contributed by atoms with E-state index in [1.165, 1.54) is 5.56 Å². The lowest BCUT2D eigenvalue weighted by atomic mass is 9.76. The molecule has 0 radical (unpaired) electrons. The van der Waals surface area contributed by atoms with Gasteiger partial charge in [0.05, 0.1) is 18.1 Å². The molecule has 4 heteroatoms. The number of hydrogen-bond donors (Lipinski definition) is 1. The number of nitrogens with zero attached hydrogens (tertiary/aromatic N) is 1. The Morgan fingerprint density at radius 3 is 2.73 bits per heavy atom. The Morgan fingerprint density at radius 2 is 2.05 bits per heavy atom. The van der Waals surface area contributed by atoms with Crippen LogP contribution >= 0.6 is 0 Å². The van der Waals surface area contributed by atoms with Crippen LogP contribution in [0.1, 0.15) is 25.3 Å². The molecule has 116 valence electrons. The maximum Gasteiger partial charge on any atom is 0.233 e. The zero-order chi connectivity index (χ0) is 15.2. The standard InChI is InChI=1S/C18H21NO3/c1-3-18-14-12-8-11(15(20)16(12)22-18)13(14)17(21)19(18)10-6-4-9(2)5-7-10/h4-7,11-16,20H,3,8H2,1-2H3/t11-,12-,13-,14+,15+,16-,18-/m0/s1. The fourth-order valence-corrected chi connectivity index (χ4v) is 5.80. The second-order valence-electron chi connectivity index (χ2n) is 7.40. The van der Waals surface area contributed by atoms with Gasteiger partial charge in [-0.15, -0.1) is 0 Å². The average molecular weight is 299 g/mol. The first kappa shape index (κ1) is 13.1. The third kappa shape index (κ3) is 1.23. The number of benzene rings is 1. The monoisotopic (exact) mass is 299 g/mol. The van der Waals surface area contributed by atoms with Crippen molar-refractivity contribution in [1.82, 2.24) is 0 Å². The fourth-order valence-electron chi connectivity index (χ4n) is 5.80. The van der Waals surface area contributed by atoms with Gasteiger partial charge in [0.1, 0.15) is 0 Å². The van der Waals surface area contributed by atoms with E-state index in [-0.39, 0.29) is 29.8 Å². The van der Waals surface area contributed by atoms with Crippen LogP contribution in [-0.4, -0.2) is 28.9 Å². The molecule has 2 heterocycles. The van der Waals surface area contributed by atoms with Crippen molar-refractivity contribution < 1.29 is 14.6 Å². The first-order valence-corrected chi connectivity index (χ1v) is 8.35. The minimum absolute atomic E-state index is 0.0556. The number of hydrogen-bond acceptors (Lipinski definition) is 3. The van der Waals surface area contributed by atoms with Gasteiger partial charge in [-0.2, -0.15) is 0 Å². The van der Waals surface area contributed by atoms with Gasteiger partial charge in [0.15, 0.2) is 5.72 Å². The Balaban J connectivity index is 1.66. The summed E-state index contributed by atoms with van der Waals surface area (Å²) in [6.45, 7) is 4.15. The van der Waals surface area contributed by atoms with Crippen LogP contribution in [0.3, 0.4) is 0 Å². The topological polar surface area (TPSA) is 49.8 Å². The molecular weight excluding hydrogens is 278 g/mol. The van der Waals surface area contributed by atoms with Crippen LogP contribution in [0.15, 0.2) is 24.3 Å². The minimum Gasteiger partial charge on any atom is -0.390 e. The molecule has 2 saturated heterocycles. The molecule has 1 aromatic carbocycles. The maximum atomic E-state index is 13.1. The second-order valence-corrected chi connectivity index (χ2v) is 7.40. The van der Waals surface area contributed by atoms with Crippen molar-refractivity contribution in [3.63, 3.8) is 0 Å². The summed E-state index contributed by atoms with van der Waals surface area (Å²) in [4.78, 5) is 15.1. The SMILES string of the molecule is CC[C@]12O[C@@H]3[C@H](O)[C@H]4C[C@H]3[C@@H]1[C@H]4C(=O)N2c1ccc(C)cc1. The molecule has 2 bridgehead atoms. The molecule has 2 aliphatic carbocycles. The number of anilines is 1. The molecule has 1 aromatic rings. The number of aliphatic hydroxyl groups excluding tert-OH is 1. The summed E-state index contributed by atoms with van der Waals surface area (Å²) in [5, 5.41) is 10.5. The molecule has 1 N–H and O–H groups in total. The van der Waals surface area contributed by atoms with Gasteiger partial charge in [-0.05, 0) is 43.7 Å². The van der Waals surface area contributed by atoms with Crippen molar-refractivity contribution in [2.75, 3.05) is 4.90 Å². The van der Waals surface area contributed by atoms with Crippen LogP contribution in [0, 0.1) is 30.6 Å². The van der Waals surface area contributed by atoms with Crippen molar-refractivity contribution in [3.05, 3.63) is 29.8 Å². The predicted molar refractivity (Wildman–Crippen MR) is 81.1 cm³/mol. The maximum absolute atomic E-state index is 13.1. The van der Waals surface area contributed by atoms with Gasteiger partial charge < -0.3 is 9.84 Å². The number of ether oxygens (including phenoxy) is 1. The van der Waals surface area contributed by atoms with Crippen LogP contribution in [0.25, 0.3) is 0 Å². The van der Waals surface area contributed by atoms with E-state index in [1.807, 2.05) is 36.1 Å². The number of fused-ring (bicyclic) bond motifs is 2. The lowest BCUT2D eigenvalue weighted by Gasteiger charge is -2.38. The largest absolute Gasteiger partial charge is 0.390 e. The number of amides is 1. The smallest absolute Gasteiger partial charge is 0.233 e. The van der Waals surface area contributed by atoms with Crippen molar-refractivity contribution in [2.24, 2.45) is 23.7 Å². The number of rotatable bonds is 2. The molecule has 4 nitrogen and oxygen atoms in total. The summed E-state index contributed by atoms with van der Waals surface area (Å²) in [7, 11) is 0. The third-order valence-electron chi connectivity index (χ3n) is 6.59. The van der Waals surface area contributed by atoms with Gasteiger partial charge in [-0.25, -0.2) is 0 Å². The van der Waals surface area contributed by atoms with Crippen molar-refractivity contribution in [1.29, 1.82) is 0 Å². The number of aliphatic hydroxyl groups is 1. The van der Waals surface area contributed by atoms with Crippen LogP contribution < -0.4 is 4.90 Å². The zero-order valence-corrected chi connectivity index (χ0v) is 12.9. The highest BCUT2D eigenvalue weighted by Gasteiger charge is 2.77. The zero-order valence-electron chi connectivity index (χ0n) is 12.9. The lowest BCUT2D eigenvalue weighted by Crippen LogP contribution is -2.50. The highest BCUT2D eigenvalue weighted by Crippen LogP contribution is 2.68. The molecule has 0 unspecified atom stereocenters. The van der Waals surface area contributed by atoms with E-state index in [0.29, 0.717) is 5.92 Å². The Labute approximate surface area is 130 Å². The minimum atomic E-state index is -0.543. The molecule has 0 spiro atoms. The van der Waals surface area contributed by atoms with E-state index in [4.69, 9.17) is 4.74 Å². The fraction of sp³-hybridized carbons (Fsp3) is 0.611. The van der Waals surface area contributed by atoms with Gasteiger partial charge in [0.2, 0.25) is 5.91 Å². The first-order chi connectivity index (χ1) is 10.6. The van der Waals surface area contributed by atoms with Gasteiger partial charge in [-0.1, -0.05) is 24.6 Å². The average Bonchev–Trinajstić information content (AvgIpc) is 3.17. The summed E-state index contributed by atoms with van der Waals surface area (Å²) in [5.74, 6) is 0.797. The Bertz CT molecular complexity index is 657. The predicted octanol–water partition coefficient (Wildman–Crippen LogP) is 2.09. The van der Waals surface area contributed by atoms with Crippen molar-refractivity contribution in [3.8, 4) is 0 Å². The van der Waals surface area contributed by atoms with Gasteiger partial charge in [-0.3, -0.25) is 9.69 Å². The molecular formula is C18H21NO3. The summed E-state index contributed by atoms with van der Waals surface area (Å²) >= 11 is 0. The van der Waals surface area contributed by atoms with E-state index < -0.39 is 11.8 Å². The molecule has 2 aliphatic heterocycles. The van der Waals surface area contributed by atoms with Crippen LogP contribution in [0.2, 0.25) is 0 Å². The Morgan fingerprint density at radius 1 is 1.32 bits per heavy atom. The van der Waals surface area contributed by atoms with Crippen LogP contribution in [0.4, 0.5) is 5.69 Å². The number of carbonyl (C=O) groups is 1. The number of carbonyl (C=O) groups excluding carboxylic acids is 1. The van der Waals surface area contributed by atoms with Gasteiger partial charge >= 0.3 is 0 Å². The summed E-state index contributed by atoms with van der Waals surface area (Å²) in [6, 6.07) is 8.12. The van der Waals surface area contributed by atoms with Gasteiger partial charge in [0, 0.05) is 11.6 Å². The normalized spacial score (nSPS) is 47.8. The van der Waals surface area contributed by atoms with Gasteiger partial charge in [0.25, 0.3) is 0 Å². The second kappa shape index (κ2) is 3.92. The molecule has 2 saturated carbocycles. The molecule has 5 rings (SSSR count). The molecule has 22 heavy (non-hydrogen) atoms. The van der Waals surface area contributed by atoms with Crippen LogP contribution in [0.5, 0.6) is 0 Å². The van der Waals surface area contributed by atoms with Crippen molar-refractivity contribution in [2.45, 2.75) is 44.6 Å². The van der Waals surface area contributed by atoms with E-state index in [1.54, 1.807) is 0 Å². The highest BCUT2D eigenvalue weighted by molar-refractivity contribution is 6.00.